The van der Waals surface area contributed by atoms with Gasteiger partial charge in [0.05, 0.1) is 16.6 Å². The van der Waals surface area contributed by atoms with Gasteiger partial charge in [0.15, 0.2) is 11.6 Å². The zero-order valence-electron chi connectivity index (χ0n) is 17.5. The summed E-state index contributed by atoms with van der Waals surface area (Å²) in [4.78, 5) is 26.1. The lowest BCUT2D eigenvalue weighted by Gasteiger charge is -2.09. The molecule has 8 heteroatoms. The molecule has 1 aromatic heterocycles. The predicted molar refractivity (Wildman–Crippen MR) is 129 cm³/mol. The van der Waals surface area contributed by atoms with Crippen molar-refractivity contribution < 1.29 is 14.0 Å². The van der Waals surface area contributed by atoms with Crippen molar-refractivity contribution in [3.8, 4) is 0 Å². The number of aromatic nitrogens is 2. The first-order valence-corrected chi connectivity index (χ1v) is 11.2. The molecule has 33 heavy (non-hydrogen) atoms. The van der Waals surface area contributed by atoms with Gasteiger partial charge in [-0.05, 0) is 41.1 Å². The predicted octanol–water partition coefficient (Wildman–Crippen LogP) is 6.28. The van der Waals surface area contributed by atoms with Crippen LogP contribution < -0.4 is 5.32 Å². The summed E-state index contributed by atoms with van der Waals surface area (Å²) in [5.74, 6) is -0.936. The van der Waals surface area contributed by atoms with Gasteiger partial charge in [-0.2, -0.15) is 5.10 Å². The van der Waals surface area contributed by atoms with Crippen LogP contribution in [-0.4, -0.2) is 21.5 Å². The number of carbonyl (C=O) groups excluding carboxylic acids is 2. The van der Waals surface area contributed by atoms with Crippen molar-refractivity contribution in [2.45, 2.75) is 13.5 Å². The first kappa shape index (κ1) is 22.9. The molecule has 0 atom stereocenters. The molecule has 0 spiro atoms. The molecule has 0 bridgehead atoms. The molecule has 4 aromatic rings. The Bertz CT molecular complexity index is 1330. The normalized spacial score (nSPS) is 10.8. The number of nitrogens with zero attached hydrogens (tertiary/aromatic N) is 2. The first-order valence-electron chi connectivity index (χ1n) is 10.0. The highest BCUT2D eigenvalue weighted by Crippen LogP contribution is 2.25. The SMILES string of the molecule is Cc1ccc(C(=O)c2ccccc2C(=O)Nc2nn(Cc3c(F)cccc3Cl)cc2Br)cc1. The number of carbonyl (C=O) groups is 2. The monoisotopic (exact) mass is 525 g/mol. The largest absolute Gasteiger partial charge is 0.304 e. The number of aryl methyl sites for hydroxylation is 1. The van der Waals surface area contributed by atoms with E-state index in [-0.39, 0.29) is 34.3 Å². The van der Waals surface area contributed by atoms with Crippen LogP contribution in [0, 0.1) is 12.7 Å². The maximum Gasteiger partial charge on any atom is 0.257 e. The minimum Gasteiger partial charge on any atom is -0.304 e. The van der Waals surface area contributed by atoms with Crippen molar-refractivity contribution in [2.24, 2.45) is 0 Å². The third kappa shape index (κ3) is 5.05. The molecule has 0 aliphatic rings. The lowest BCUT2D eigenvalue weighted by molar-refractivity contribution is 0.0996. The van der Waals surface area contributed by atoms with Crippen molar-refractivity contribution in [1.82, 2.24) is 9.78 Å². The highest BCUT2D eigenvalue weighted by molar-refractivity contribution is 9.10. The fourth-order valence-corrected chi connectivity index (χ4v) is 3.96. The van der Waals surface area contributed by atoms with Gasteiger partial charge < -0.3 is 5.32 Å². The van der Waals surface area contributed by atoms with Crippen LogP contribution in [0.4, 0.5) is 10.2 Å². The Morgan fingerprint density at radius 2 is 1.73 bits per heavy atom. The smallest absolute Gasteiger partial charge is 0.257 e. The first-order chi connectivity index (χ1) is 15.8. The topological polar surface area (TPSA) is 64.0 Å². The molecule has 0 saturated carbocycles. The minimum atomic E-state index is -0.485. The molecule has 3 aromatic carbocycles. The molecule has 1 N–H and O–H groups in total. The quantitative estimate of drug-likeness (QED) is 0.301. The van der Waals surface area contributed by atoms with Crippen LogP contribution >= 0.6 is 27.5 Å². The van der Waals surface area contributed by atoms with Crippen LogP contribution in [0.15, 0.2) is 77.4 Å². The Kier molecular flexibility index (Phi) is 6.72. The summed E-state index contributed by atoms with van der Waals surface area (Å²) in [6.07, 6.45) is 1.61. The van der Waals surface area contributed by atoms with Gasteiger partial charge in [-0.3, -0.25) is 14.3 Å². The van der Waals surface area contributed by atoms with Gasteiger partial charge in [-0.25, -0.2) is 4.39 Å². The summed E-state index contributed by atoms with van der Waals surface area (Å²) in [6.45, 7) is 2.02. The Labute approximate surface area is 203 Å². The third-order valence-corrected chi connectivity index (χ3v) is 6.00. The molecule has 0 unspecified atom stereocenters. The van der Waals surface area contributed by atoms with Gasteiger partial charge in [0.1, 0.15) is 5.82 Å². The summed E-state index contributed by atoms with van der Waals surface area (Å²) < 4.78 is 16.1. The van der Waals surface area contributed by atoms with E-state index < -0.39 is 11.7 Å². The Balaban J connectivity index is 1.57. The number of hydrogen-bond donors (Lipinski definition) is 1. The van der Waals surface area contributed by atoms with Crippen molar-refractivity contribution in [3.63, 3.8) is 0 Å². The number of ketones is 1. The van der Waals surface area contributed by atoms with Crippen molar-refractivity contribution in [1.29, 1.82) is 0 Å². The van der Waals surface area contributed by atoms with Gasteiger partial charge >= 0.3 is 0 Å². The van der Waals surface area contributed by atoms with E-state index >= 15 is 0 Å². The van der Waals surface area contributed by atoms with Gasteiger partial charge in [0.25, 0.3) is 5.91 Å². The number of benzene rings is 3. The highest BCUT2D eigenvalue weighted by atomic mass is 79.9. The molecule has 1 amide bonds. The van der Waals surface area contributed by atoms with E-state index in [2.05, 4.69) is 26.3 Å². The van der Waals surface area contributed by atoms with Crippen LogP contribution in [0.5, 0.6) is 0 Å². The van der Waals surface area contributed by atoms with Crippen molar-refractivity contribution in [3.05, 3.63) is 116 Å². The average Bonchev–Trinajstić information content (AvgIpc) is 3.15. The Hall–Kier alpha value is -3.29. The molecule has 166 valence electrons. The van der Waals surface area contributed by atoms with Crippen LogP contribution in [0.25, 0.3) is 0 Å². The van der Waals surface area contributed by atoms with E-state index in [1.54, 1.807) is 48.7 Å². The van der Waals surface area contributed by atoms with Crippen LogP contribution in [0.2, 0.25) is 5.02 Å². The standard InChI is InChI=1S/C25H18BrClFN3O2/c1-15-9-11-16(12-10-15)23(32)17-5-2-3-6-18(17)25(33)29-24-20(26)14-31(30-24)13-19-21(27)7-4-8-22(19)28/h2-12,14H,13H2,1H3,(H,29,30,33). The lowest BCUT2D eigenvalue weighted by Crippen LogP contribution is -2.17. The molecule has 0 aliphatic heterocycles. The number of halogens is 3. The van der Waals surface area contributed by atoms with E-state index in [1.165, 1.54) is 16.8 Å². The van der Waals surface area contributed by atoms with Gasteiger partial charge in [0, 0.05) is 27.9 Å². The van der Waals surface area contributed by atoms with Gasteiger partial charge in [-0.15, -0.1) is 0 Å². The van der Waals surface area contributed by atoms with Crippen LogP contribution in [0.3, 0.4) is 0 Å². The molecule has 0 fully saturated rings. The third-order valence-electron chi connectivity index (χ3n) is 5.06. The van der Waals surface area contributed by atoms with E-state index in [0.29, 0.717) is 15.6 Å². The molecule has 1 heterocycles. The van der Waals surface area contributed by atoms with E-state index in [0.717, 1.165) is 5.56 Å². The van der Waals surface area contributed by atoms with Gasteiger partial charge in [0.2, 0.25) is 0 Å². The summed E-state index contributed by atoms with van der Waals surface area (Å²) in [6, 6.07) is 18.2. The lowest BCUT2D eigenvalue weighted by atomic mass is 9.97. The molecule has 0 saturated heterocycles. The molecule has 0 radical (unpaired) electrons. The average molecular weight is 527 g/mol. The number of anilines is 1. The highest BCUT2D eigenvalue weighted by Gasteiger charge is 2.20. The Morgan fingerprint density at radius 3 is 2.42 bits per heavy atom. The fraction of sp³-hybridized carbons (Fsp3) is 0.0800. The number of amides is 1. The second-order valence-electron chi connectivity index (χ2n) is 7.42. The van der Waals surface area contributed by atoms with E-state index in [4.69, 9.17) is 11.6 Å². The number of rotatable bonds is 6. The van der Waals surface area contributed by atoms with Crippen LogP contribution in [0.1, 0.15) is 37.4 Å². The second-order valence-corrected chi connectivity index (χ2v) is 8.68. The Morgan fingerprint density at radius 1 is 1.03 bits per heavy atom. The van der Waals surface area contributed by atoms with Crippen molar-refractivity contribution >= 4 is 45.0 Å². The summed E-state index contributed by atoms with van der Waals surface area (Å²) in [7, 11) is 0. The van der Waals surface area contributed by atoms with Crippen molar-refractivity contribution in [2.75, 3.05) is 5.32 Å². The molecular formula is C25H18BrClFN3O2. The van der Waals surface area contributed by atoms with Gasteiger partial charge in [-0.1, -0.05) is 65.7 Å². The van der Waals surface area contributed by atoms with E-state index in [1.807, 2.05) is 19.1 Å². The van der Waals surface area contributed by atoms with Crippen LogP contribution in [-0.2, 0) is 6.54 Å². The summed E-state index contributed by atoms with van der Waals surface area (Å²) >= 11 is 9.47. The minimum absolute atomic E-state index is 0.0858. The molecule has 5 nitrogen and oxygen atoms in total. The fourth-order valence-electron chi connectivity index (χ4n) is 3.32. The van der Waals surface area contributed by atoms with E-state index in [9.17, 15) is 14.0 Å². The molecule has 4 rings (SSSR count). The maximum absolute atomic E-state index is 14.1. The zero-order valence-corrected chi connectivity index (χ0v) is 19.8. The summed E-state index contributed by atoms with van der Waals surface area (Å²) in [5.41, 5.74) is 2.33. The number of nitrogens with one attached hydrogen (secondary N) is 1. The number of hydrogen-bond acceptors (Lipinski definition) is 3. The summed E-state index contributed by atoms with van der Waals surface area (Å²) in [5, 5.41) is 7.33. The molecular weight excluding hydrogens is 509 g/mol. The zero-order chi connectivity index (χ0) is 23.5. The molecule has 0 aliphatic carbocycles. The maximum atomic E-state index is 14.1. The second kappa shape index (κ2) is 9.68.